The highest BCUT2D eigenvalue weighted by Gasteiger charge is 2.23. The summed E-state index contributed by atoms with van der Waals surface area (Å²) in [5, 5.41) is 11.0. The molecule has 0 aliphatic carbocycles. The lowest BCUT2D eigenvalue weighted by molar-refractivity contribution is -0.0786. The largest absolute Gasteiger partial charge is 0.491 e. The van der Waals surface area contributed by atoms with Gasteiger partial charge in [0.15, 0.2) is 0 Å². The Hall–Kier alpha value is -0.810. The van der Waals surface area contributed by atoms with Crippen LogP contribution in [0, 0.1) is 13.8 Å². The Morgan fingerprint density at radius 3 is 2.36 bits per heavy atom. The van der Waals surface area contributed by atoms with E-state index in [1.165, 1.54) is 0 Å². The lowest BCUT2D eigenvalue weighted by atomic mass is 10.1. The zero-order valence-corrected chi connectivity index (χ0v) is 14.6. The summed E-state index contributed by atoms with van der Waals surface area (Å²) in [7, 11) is 0. The molecule has 1 saturated heterocycles. The van der Waals surface area contributed by atoms with Crippen LogP contribution >= 0.6 is 11.6 Å². The normalized spacial score (nSPS) is 24.3. The van der Waals surface area contributed by atoms with Crippen molar-refractivity contribution in [2.24, 2.45) is 0 Å². The molecule has 0 saturated carbocycles. The Bertz CT molecular complexity index is 476. The van der Waals surface area contributed by atoms with Crippen LogP contribution in [0.3, 0.4) is 0 Å². The van der Waals surface area contributed by atoms with Gasteiger partial charge in [-0.25, -0.2) is 0 Å². The number of halogens is 1. The van der Waals surface area contributed by atoms with E-state index < -0.39 is 6.10 Å². The Morgan fingerprint density at radius 1 is 1.27 bits per heavy atom. The third-order valence-corrected chi connectivity index (χ3v) is 4.41. The number of rotatable bonds is 5. The number of ether oxygens (including phenoxy) is 2. The van der Waals surface area contributed by atoms with Gasteiger partial charge in [0.05, 0.1) is 12.2 Å². The molecule has 0 radical (unpaired) electrons. The quantitative estimate of drug-likeness (QED) is 0.903. The van der Waals surface area contributed by atoms with Gasteiger partial charge in [-0.15, -0.1) is 0 Å². The fraction of sp³-hybridized carbons (Fsp3) is 0.647. The number of nitrogens with zero attached hydrogens (tertiary/aromatic N) is 1. The highest BCUT2D eigenvalue weighted by Crippen LogP contribution is 2.26. The number of morpholine rings is 1. The van der Waals surface area contributed by atoms with Gasteiger partial charge >= 0.3 is 0 Å². The van der Waals surface area contributed by atoms with Crippen molar-refractivity contribution in [2.45, 2.75) is 46.0 Å². The summed E-state index contributed by atoms with van der Waals surface area (Å²) in [6.45, 7) is 10.6. The zero-order chi connectivity index (χ0) is 16.3. The molecule has 0 aromatic heterocycles. The summed E-state index contributed by atoms with van der Waals surface area (Å²) in [5.41, 5.74) is 1.98. The third-order valence-electron chi connectivity index (χ3n) is 3.82. The maximum atomic E-state index is 10.2. The molecule has 1 aromatic rings. The van der Waals surface area contributed by atoms with Crippen LogP contribution in [0.2, 0.25) is 5.02 Å². The molecule has 0 spiro atoms. The van der Waals surface area contributed by atoms with Crippen LogP contribution < -0.4 is 4.74 Å². The van der Waals surface area contributed by atoms with Crippen LogP contribution in [-0.4, -0.2) is 54.6 Å². The lowest BCUT2D eigenvalue weighted by Gasteiger charge is -2.36. The second-order valence-corrected chi connectivity index (χ2v) is 6.69. The number of hydrogen-bond donors (Lipinski definition) is 1. The lowest BCUT2D eigenvalue weighted by Crippen LogP contribution is -2.48. The monoisotopic (exact) mass is 327 g/mol. The molecular formula is C17H26ClNO3. The first-order valence-corrected chi connectivity index (χ1v) is 8.18. The van der Waals surface area contributed by atoms with Crippen molar-refractivity contribution in [1.82, 2.24) is 4.90 Å². The molecule has 2 rings (SSSR count). The van der Waals surface area contributed by atoms with Gasteiger partial charge in [-0.3, -0.25) is 4.90 Å². The minimum absolute atomic E-state index is 0.207. The van der Waals surface area contributed by atoms with Crippen molar-refractivity contribution in [3.05, 3.63) is 28.3 Å². The number of β-amino-alcohol motifs (C(OH)–C–C–N with tert-alkyl or cyclic N) is 1. The Kier molecular flexibility index (Phi) is 6.09. The van der Waals surface area contributed by atoms with Gasteiger partial charge in [0.1, 0.15) is 18.5 Å². The molecule has 5 heteroatoms. The number of aliphatic hydroxyl groups is 1. The Morgan fingerprint density at radius 2 is 1.82 bits per heavy atom. The number of benzene rings is 1. The fourth-order valence-electron chi connectivity index (χ4n) is 2.97. The van der Waals surface area contributed by atoms with E-state index in [0.29, 0.717) is 6.54 Å². The second-order valence-electron chi connectivity index (χ2n) is 6.31. The summed E-state index contributed by atoms with van der Waals surface area (Å²) >= 11 is 6.15. The maximum absolute atomic E-state index is 10.2. The number of hydrogen-bond acceptors (Lipinski definition) is 4. The van der Waals surface area contributed by atoms with Crippen molar-refractivity contribution < 1.29 is 14.6 Å². The number of aliphatic hydroxyl groups excluding tert-OH is 1. The van der Waals surface area contributed by atoms with E-state index in [9.17, 15) is 5.11 Å². The Labute approximate surface area is 138 Å². The predicted molar refractivity (Wildman–Crippen MR) is 88.9 cm³/mol. The van der Waals surface area contributed by atoms with E-state index >= 15 is 0 Å². The van der Waals surface area contributed by atoms with Gasteiger partial charge in [0, 0.05) is 24.7 Å². The summed E-state index contributed by atoms with van der Waals surface area (Å²) < 4.78 is 11.4. The van der Waals surface area contributed by atoms with Crippen LogP contribution in [0.15, 0.2) is 12.1 Å². The first-order chi connectivity index (χ1) is 10.3. The molecule has 1 aromatic carbocycles. The molecule has 0 bridgehead atoms. The van der Waals surface area contributed by atoms with Gasteiger partial charge in [0.2, 0.25) is 0 Å². The highest BCUT2D eigenvalue weighted by molar-refractivity contribution is 6.32. The minimum Gasteiger partial charge on any atom is -0.491 e. The highest BCUT2D eigenvalue weighted by atomic mass is 35.5. The summed E-state index contributed by atoms with van der Waals surface area (Å²) in [5.74, 6) is 0.752. The van der Waals surface area contributed by atoms with Gasteiger partial charge < -0.3 is 14.6 Å². The molecule has 1 N–H and O–H groups in total. The van der Waals surface area contributed by atoms with E-state index in [4.69, 9.17) is 21.1 Å². The molecule has 0 unspecified atom stereocenters. The molecule has 1 heterocycles. The van der Waals surface area contributed by atoms with Crippen LogP contribution in [0.4, 0.5) is 0 Å². The van der Waals surface area contributed by atoms with Crippen molar-refractivity contribution in [2.75, 3.05) is 26.2 Å². The molecule has 1 fully saturated rings. The van der Waals surface area contributed by atoms with E-state index in [1.807, 2.05) is 26.0 Å². The molecular weight excluding hydrogens is 302 g/mol. The van der Waals surface area contributed by atoms with Crippen LogP contribution in [-0.2, 0) is 4.74 Å². The number of aryl methyl sites for hydroxylation is 2. The third kappa shape index (κ3) is 4.85. The van der Waals surface area contributed by atoms with Crippen LogP contribution in [0.1, 0.15) is 25.0 Å². The average Bonchev–Trinajstić information content (AvgIpc) is 2.41. The van der Waals surface area contributed by atoms with Crippen LogP contribution in [0.25, 0.3) is 0 Å². The molecule has 1 aliphatic heterocycles. The Balaban J connectivity index is 1.84. The predicted octanol–water partition coefficient (Wildman–Crippen LogP) is 2.81. The second kappa shape index (κ2) is 7.64. The van der Waals surface area contributed by atoms with Crippen molar-refractivity contribution in [1.29, 1.82) is 0 Å². The standard InChI is InChI=1S/C17H26ClNO3/c1-11-5-16(6-12(2)17(11)18)21-10-15(20)9-19-7-13(3)22-14(4)8-19/h5-6,13-15,20H,7-10H2,1-4H3/t13-,14-,15+/m0/s1. The van der Waals surface area contributed by atoms with Crippen LogP contribution in [0.5, 0.6) is 5.75 Å². The molecule has 22 heavy (non-hydrogen) atoms. The summed E-state index contributed by atoms with van der Waals surface area (Å²) in [4.78, 5) is 2.23. The van der Waals surface area contributed by atoms with E-state index in [2.05, 4.69) is 18.7 Å². The molecule has 1 aliphatic rings. The minimum atomic E-state index is -0.520. The molecule has 124 valence electrons. The smallest absolute Gasteiger partial charge is 0.120 e. The molecule has 0 amide bonds. The van der Waals surface area contributed by atoms with Gasteiger partial charge in [-0.05, 0) is 51.0 Å². The maximum Gasteiger partial charge on any atom is 0.120 e. The van der Waals surface area contributed by atoms with Crippen molar-refractivity contribution >= 4 is 11.6 Å². The van der Waals surface area contributed by atoms with E-state index in [-0.39, 0.29) is 18.8 Å². The first kappa shape index (κ1) is 17.5. The molecule has 4 nitrogen and oxygen atoms in total. The zero-order valence-electron chi connectivity index (χ0n) is 13.8. The summed E-state index contributed by atoms with van der Waals surface area (Å²) in [6.07, 6.45) is -0.106. The van der Waals surface area contributed by atoms with E-state index in [0.717, 1.165) is 35.0 Å². The van der Waals surface area contributed by atoms with E-state index in [1.54, 1.807) is 0 Å². The summed E-state index contributed by atoms with van der Waals surface area (Å²) in [6, 6.07) is 3.81. The van der Waals surface area contributed by atoms with Crippen molar-refractivity contribution in [3.63, 3.8) is 0 Å². The first-order valence-electron chi connectivity index (χ1n) is 7.80. The molecule has 3 atom stereocenters. The van der Waals surface area contributed by atoms with Crippen molar-refractivity contribution in [3.8, 4) is 5.75 Å². The fourth-order valence-corrected chi connectivity index (χ4v) is 3.08. The van der Waals surface area contributed by atoms with Gasteiger partial charge in [-0.1, -0.05) is 11.6 Å². The topological polar surface area (TPSA) is 41.9 Å². The SMILES string of the molecule is Cc1cc(OC[C@H](O)CN2C[C@H](C)O[C@@H](C)C2)cc(C)c1Cl. The van der Waals surface area contributed by atoms with Gasteiger partial charge in [0.25, 0.3) is 0 Å². The average molecular weight is 328 g/mol. The van der Waals surface area contributed by atoms with Gasteiger partial charge in [-0.2, -0.15) is 0 Å².